The number of nitrogens with one attached hydrogen (secondary N) is 2. The van der Waals surface area contributed by atoms with Gasteiger partial charge in [-0.3, -0.25) is 4.79 Å². The summed E-state index contributed by atoms with van der Waals surface area (Å²) in [6.07, 6.45) is 7.77. The Hall–Kier alpha value is -1.75. The topological polar surface area (TPSA) is 59.6 Å². The van der Waals surface area contributed by atoms with E-state index in [1.54, 1.807) is 0 Å². The number of benzene rings is 1. The van der Waals surface area contributed by atoms with Crippen molar-refractivity contribution in [3.05, 3.63) is 23.8 Å². The third-order valence-electron chi connectivity index (χ3n) is 6.99. The molecule has 1 saturated heterocycles. The van der Waals surface area contributed by atoms with E-state index in [2.05, 4.69) is 29.7 Å². The highest BCUT2D eigenvalue weighted by atomic mass is 16.6. The minimum Gasteiger partial charge on any atom is -0.486 e. The Balaban J connectivity index is 1.39. The van der Waals surface area contributed by atoms with Crippen LogP contribution < -0.4 is 20.1 Å². The molecule has 3 aliphatic rings. The number of hydrogen-bond donors (Lipinski definition) is 2. The predicted molar refractivity (Wildman–Crippen MR) is 110 cm³/mol. The maximum absolute atomic E-state index is 12.7. The zero-order chi connectivity index (χ0) is 19.4. The van der Waals surface area contributed by atoms with Crippen molar-refractivity contribution >= 4 is 5.91 Å². The van der Waals surface area contributed by atoms with E-state index in [9.17, 15) is 4.79 Å². The maximum atomic E-state index is 12.7. The number of rotatable bonds is 6. The van der Waals surface area contributed by atoms with Crippen molar-refractivity contribution in [3.8, 4) is 11.5 Å². The van der Waals surface area contributed by atoms with E-state index in [0.717, 1.165) is 44.0 Å². The fourth-order valence-corrected chi connectivity index (χ4v) is 5.16. The van der Waals surface area contributed by atoms with Crippen molar-refractivity contribution in [2.75, 3.05) is 32.8 Å². The fraction of sp³-hybridized carbons (Fsp3) is 0.696. The van der Waals surface area contributed by atoms with Gasteiger partial charge in [0, 0.05) is 18.4 Å². The van der Waals surface area contributed by atoms with Gasteiger partial charge in [-0.15, -0.1) is 0 Å². The zero-order valence-electron chi connectivity index (χ0n) is 17.1. The molecule has 1 amide bonds. The molecule has 1 saturated carbocycles. The van der Waals surface area contributed by atoms with Gasteiger partial charge in [0.1, 0.15) is 13.2 Å². The first-order chi connectivity index (χ1) is 13.7. The molecule has 0 radical (unpaired) electrons. The lowest BCUT2D eigenvalue weighted by atomic mass is 9.78. The number of hydrogen-bond acceptors (Lipinski definition) is 4. The molecule has 2 fully saturated rings. The monoisotopic (exact) mass is 386 g/mol. The molecule has 1 aromatic rings. The van der Waals surface area contributed by atoms with Crippen LogP contribution in [0.4, 0.5) is 0 Å². The lowest BCUT2D eigenvalue weighted by molar-refractivity contribution is -0.122. The van der Waals surface area contributed by atoms with Crippen LogP contribution in [0.2, 0.25) is 0 Å². The molecule has 28 heavy (non-hydrogen) atoms. The second kappa shape index (κ2) is 8.73. The predicted octanol–water partition coefficient (Wildman–Crippen LogP) is 3.41. The molecule has 4 rings (SSSR count). The molecule has 2 unspecified atom stereocenters. The first kappa shape index (κ1) is 19.6. The number of carbonyl (C=O) groups is 1. The minimum absolute atomic E-state index is 0.0289. The highest BCUT2D eigenvalue weighted by Gasteiger charge is 2.37. The van der Waals surface area contributed by atoms with Crippen LogP contribution in [-0.4, -0.2) is 38.8 Å². The van der Waals surface area contributed by atoms with Crippen LogP contribution in [0.1, 0.15) is 57.4 Å². The molecule has 1 aliphatic carbocycles. The standard InChI is InChI=1S/C23H34N2O3/c1-17(18-5-4-10-24-15-18)13-22(26)25-16-23(8-2-3-9-23)19-6-7-20-21(14-19)28-12-11-27-20/h6-7,14,17-18,24H,2-5,8-13,15-16H2,1H3,(H,25,26). The largest absolute Gasteiger partial charge is 0.486 e. The average molecular weight is 387 g/mol. The van der Waals surface area contributed by atoms with Gasteiger partial charge in [0.25, 0.3) is 0 Å². The van der Waals surface area contributed by atoms with Crippen molar-refractivity contribution < 1.29 is 14.3 Å². The Morgan fingerprint density at radius 3 is 2.75 bits per heavy atom. The van der Waals surface area contributed by atoms with E-state index in [1.807, 2.05) is 6.07 Å². The summed E-state index contributed by atoms with van der Waals surface area (Å²) < 4.78 is 11.5. The summed E-state index contributed by atoms with van der Waals surface area (Å²) in [4.78, 5) is 12.7. The number of amides is 1. The van der Waals surface area contributed by atoms with Crippen molar-refractivity contribution in [2.24, 2.45) is 11.8 Å². The van der Waals surface area contributed by atoms with E-state index >= 15 is 0 Å². The van der Waals surface area contributed by atoms with Crippen LogP contribution in [-0.2, 0) is 10.2 Å². The maximum Gasteiger partial charge on any atom is 0.220 e. The van der Waals surface area contributed by atoms with Gasteiger partial charge in [-0.05, 0) is 68.3 Å². The SMILES string of the molecule is CC(CC(=O)NCC1(c2ccc3c(c2)OCCO3)CCCC1)C1CCCNC1. The van der Waals surface area contributed by atoms with Crippen molar-refractivity contribution in [2.45, 2.75) is 57.3 Å². The Morgan fingerprint density at radius 1 is 1.21 bits per heavy atom. The second-order valence-corrected chi connectivity index (χ2v) is 8.91. The van der Waals surface area contributed by atoms with Gasteiger partial charge in [-0.1, -0.05) is 25.8 Å². The van der Waals surface area contributed by atoms with E-state index in [1.165, 1.54) is 31.2 Å². The van der Waals surface area contributed by atoms with Crippen molar-refractivity contribution in [1.82, 2.24) is 10.6 Å². The average Bonchev–Trinajstić information content (AvgIpc) is 3.23. The highest BCUT2D eigenvalue weighted by molar-refractivity contribution is 5.76. The number of piperidine rings is 1. The smallest absolute Gasteiger partial charge is 0.220 e. The van der Waals surface area contributed by atoms with Gasteiger partial charge in [0.05, 0.1) is 0 Å². The summed E-state index contributed by atoms with van der Waals surface area (Å²) >= 11 is 0. The molecule has 0 bridgehead atoms. The molecule has 2 N–H and O–H groups in total. The fourth-order valence-electron chi connectivity index (χ4n) is 5.16. The zero-order valence-corrected chi connectivity index (χ0v) is 17.1. The molecule has 2 atom stereocenters. The molecule has 5 heteroatoms. The summed E-state index contributed by atoms with van der Waals surface area (Å²) in [5.41, 5.74) is 1.31. The molecule has 5 nitrogen and oxygen atoms in total. The van der Waals surface area contributed by atoms with Gasteiger partial charge < -0.3 is 20.1 Å². The third kappa shape index (κ3) is 4.29. The van der Waals surface area contributed by atoms with Gasteiger partial charge >= 0.3 is 0 Å². The molecule has 0 aromatic heterocycles. The Bertz CT molecular complexity index is 678. The minimum atomic E-state index is 0.0289. The van der Waals surface area contributed by atoms with E-state index in [-0.39, 0.29) is 11.3 Å². The Morgan fingerprint density at radius 2 is 2.00 bits per heavy atom. The molecule has 154 valence electrons. The quantitative estimate of drug-likeness (QED) is 0.787. The summed E-state index contributed by atoms with van der Waals surface area (Å²) in [6.45, 7) is 6.34. The molecule has 2 heterocycles. The summed E-state index contributed by atoms with van der Waals surface area (Å²) in [6, 6.07) is 6.34. The Kier molecular flexibility index (Phi) is 6.10. The lowest BCUT2D eigenvalue weighted by Crippen LogP contribution is -2.40. The lowest BCUT2D eigenvalue weighted by Gasteiger charge is -2.32. The summed E-state index contributed by atoms with van der Waals surface area (Å²) in [5.74, 6) is 2.93. The van der Waals surface area contributed by atoms with E-state index < -0.39 is 0 Å². The molecule has 2 aliphatic heterocycles. The molecule has 1 aromatic carbocycles. The van der Waals surface area contributed by atoms with Crippen LogP contribution >= 0.6 is 0 Å². The highest BCUT2D eigenvalue weighted by Crippen LogP contribution is 2.43. The second-order valence-electron chi connectivity index (χ2n) is 8.91. The summed E-state index contributed by atoms with van der Waals surface area (Å²) in [7, 11) is 0. The first-order valence-corrected chi connectivity index (χ1v) is 11.0. The first-order valence-electron chi connectivity index (χ1n) is 11.0. The normalized spacial score (nSPS) is 24.5. The van der Waals surface area contributed by atoms with Crippen LogP contribution in [0.25, 0.3) is 0 Å². The van der Waals surface area contributed by atoms with Crippen molar-refractivity contribution in [1.29, 1.82) is 0 Å². The van der Waals surface area contributed by atoms with Gasteiger partial charge in [-0.2, -0.15) is 0 Å². The van der Waals surface area contributed by atoms with Crippen LogP contribution in [0.15, 0.2) is 18.2 Å². The van der Waals surface area contributed by atoms with Crippen molar-refractivity contribution in [3.63, 3.8) is 0 Å². The van der Waals surface area contributed by atoms with E-state index in [4.69, 9.17) is 9.47 Å². The molecule has 0 spiro atoms. The van der Waals surface area contributed by atoms with Gasteiger partial charge in [0.2, 0.25) is 5.91 Å². The van der Waals surface area contributed by atoms with E-state index in [0.29, 0.717) is 31.5 Å². The number of ether oxygens (including phenoxy) is 2. The Labute approximate surface area is 168 Å². The van der Waals surface area contributed by atoms with Gasteiger partial charge in [0.15, 0.2) is 11.5 Å². The number of carbonyl (C=O) groups excluding carboxylic acids is 1. The van der Waals surface area contributed by atoms with Crippen LogP contribution in [0.5, 0.6) is 11.5 Å². The van der Waals surface area contributed by atoms with Crippen LogP contribution in [0.3, 0.4) is 0 Å². The number of fused-ring (bicyclic) bond motifs is 1. The van der Waals surface area contributed by atoms with Crippen LogP contribution in [0, 0.1) is 11.8 Å². The molecular weight excluding hydrogens is 352 g/mol. The summed E-state index contributed by atoms with van der Waals surface area (Å²) in [5, 5.41) is 6.75. The molecular formula is C23H34N2O3. The van der Waals surface area contributed by atoms with Gasteiger partial charge in [-0.25, -0.2) is 0 Å². The third-order valence-corrected chi connectivity index (χ3v) is 6.99.